The van der Waals surface area contributed by atoms with E-state index in [0.717, 1.165) is 40.8 Å². The molecule has 34 heavy (non-hydrogen) atoms. The minimum Gasteiger partial charge on any atom is -0.333 e. The second kappa shape index (κ2) is 8.99. The monoisotopic (exact) mass is 477 g/mol. The molecule has 1 unspecified atom stereocenters. The summed E-state index contributed by atoms with van der Waals surface area (Å²) in [7, 11) is 0. The van der Waals surface area contributed by atoms with Gasteiger partial charge in [-0.2, -0.15) is 5.26 Å². The number of halogens is 1. The molecule has 7 heteroatoms. The van der Waals surface area contributed by atoms with Crippen LogP contribution in [0.2, 0.25) is 0 Å². The van der Waals surface area contributed by atoms with Gasteiger partial charge in [0.2, 0.25) is 0 Å². The molecule has 176 valence electrons. The Labute approximate surface area is 202 Å². The molecule has 0 N–H and O–H groups in total. The Bertz CT molecular complexity index is 1300. The van der Waals surface area contributed by atoms with Crippen LogP contribution in [0.4, 0.5) is 4.39 Å². The molecule has 1 aromatic carbocycles. The lowest BCUT2D eigenvalue weighted by molar-refractivity contribution is -0.132. The summed E-state index contributed by atoms with van der Waals surface area (Å²) in [5, 5.41) is 9.09. The lowest BCUT2D eigenvalue weighted by atomic mass is 9.80. The lowest BCUT2D eigenvalue weighted by Gasteiger charge is -2.45. The Kier molecular flexibility index (Phi) is 6.03. The molecule has 0 radical (unpaired) electrons. The third-order valence-corrected chi connectivity index (χ3v) is 8.52. The number of aromatic nitrogens is 1. The van der Waals surface area contributed by atoms with Crippen molar-refractivity contribution in [3.8, 4) is 6.07 Å². The molecular weight excluding hydrogens is 449 g/mol. The zero-order chi connectivity index (χ0) is 23.9. The van der Waals surface area contributed by atoms with Gasteiger partial charge in [-0.15, -0.1) is 11.3 Å². The number of carbonyl (C=O) groups excluding carboxylic acids is 2. The number of thiophene rings is 1. The molecule has 1 aliphatic carbocycles. The number of amides is 1. The van der Waals surface area contributed by atoms with E-state index in [1.54, 1.807) is 17.0 Å². The highest BCUT2D eigenvalue weighted by molar-refractivity contribution is 7.19. The molecule has 1 atom stereocenters. The van der Waals surface area contributed by atoms with Crippen LogP contribution in [0, 0.1) is 23.1 Å². The molecule has 1 aliphatic heterocycles. The predicted octanol–water partition coefficient (Wildman–Crippen LogP) is 5.86. The number of hydrogen-bond donors (Lipinski definition) is 0. The highest BCUT2D eigenvalue weighted by Gasteiger charge is 2.47. The minimum absolute atomic E-state index is 0.0733. The van der Waals surface area contributed by atoms with Crippen molar-refractivity contribution in [2.45, 2.75) is 70.5 Å². The maximum Gasteiger partial charge on any atom is 0.271 e. The van der Waals surface area contributed by atoms with Crippen LogP contribution < -0.4 is 0 Å². The van der Waals surface area contributed by atoms with Crippen LogP contribution in [0.5, 0.6) is 0 Å². The highest BCUT2D eigenvalue weighted by Crippen LogP contribution is 2.39. The average molecular weight is 478 g/mol. The Balaban J connectivity index is 1.54. The summed E-state index contributed by atoms with van der Waals surface area (Å²) in [5.41, 5.74) is 1.09. The predicted molar refractivity (Wildman–Crippen MR) is 130 cm³/mol. The molecule has 3 heterocycles. The van der Waals surface area contributed by atoms with Crippen LogP contribution in [0.1, 0.15) is 66.4 Å². The highest BCUT2D eigenvalue weighted by atomic mass is 32.1. The number of hydrogen-bond acceptors (Lipinski definition) is 4. The van der Waals surface area contributed by atoms with Gasteiger partial charge in [0.15, 0.2) is 5.78 Å². The van der Waals surface area contributed by atoms with Crippen molar-refractivity contribution in [2.24, 2.45) is 5.92 Å². The SMILES string of the molecule is CC1(C(=O)CC2CCCCC2)Cn2c(cc3sc(CC#N)cc32)C(=O)N1Cc1cccc(F)c1. The van der Waals surface area contributed by atoms with E-state index in [1.807, 2.05) is 23.6 Å². The van der Waals surface area contributed by atoms with Crippen LogP contribution in [0.25, 0.3) is 10.2 Å². The fourth-order valence-electron chi connectivity index (χ4n) is 5.54. The second-order valence-corrected chi connectivity index (χ2v) is 11.0. The van der Waals surface area contributed by atoms with Crippen LogP contribution in [-0.2, 0) is 24.3 Å². The molecule has 0 spiro atoms. The number of nitriles is 1. The van der Waals surface area contributed by atoms with Crippen molar-refractivity contribution in [1.82, 2.24) is 9.47 Å². The first kappa shape index (κ1) is 22.8. The number of Topliss-reactive ketones (excluding diaryl/α,β-unsaturated/α-hetero) is 1. The summed E-state index contributed by atoms with van der Waals surface area (Å²) in [6, 6.07) is 12.3. The van der Waals surface area contributed by atoms with E-state index >= 15 is 0 Å². The molecule has 1 saturated carbocycles. The lowest BCUT2D eigenvalue weighted by Crippen LogP contribution is -2.60. The maximum atomic E-state index is 13.9. The van der Waals surface area contributed by atoms with Gasteiger partial charge in [0, 0.05) is 17.8 Å². The van der Waals surface area contributed by atoms with Crippen molar-refractivity contribution in [3.63, 3.8) is 0 Å². The van der Waals surface area contributed by atoms with E-state index in [2.05, 4.69) is 6.07 Å². The van der Waals surface area contributed by atoms with Crippen LogP contribution in [-0.4, -0.2) is 26.7 Å². The quantitative estimate of drug-likeness (QED) is 0.446. The summed E-state index contributed by atoms with van der Waals surface area (Å²) in [6.45, 7) is 2.41. The number of nitrogens with zero attached hydrogens (tertiary/aromatic N) is 3. The molecule has 5 nitrogen and oxygen atoms in total. The fraction of sp³-hybridized carbons (Fsp3) is 0.444. The van der Waals surface area contributed by atoms with Gasteiger partial charge in [0.05, 0.1) is 29.3 Å². The molecule has 2 aliphatic rings. The molecule has 1 fully saturated rings. The average Bonchev–Trinajstić information content (AvgIpc) is 3.36. The van der Waals surface area contributed by atoms with E-state index in [-0.39, 0.29) is 24.1 Å². The Morgan fingerprint density at radius 3 is 2.76 bits per heavy atom. The van der Waals surface area contributed by atoms with E-state index in [0.29, 0.717) is 36.6 Å². The second-order valence-electron chi connectivity index (χ2n) is 9.84. The molecule has 0 bridgehead atoms. The van der Waals surface area contributed by atoms with E-state index in [1.165, 1.54) is 29.9 Å². The van der Waals surface area contributed by atoms with Crippen LogP contribution >= 0.6 is 11.3 Å². The number of benzene rings is 1. The fourth-order valence-corrected chi connectivity index (χ4v) is 6.57. The molecule has 5 rings (SSSR count). The van der Waals surface area contributed by atoms with Crippen molar-refractivity contribution < 1.29 is 14.0 Å². The number of fused-ring (bicyclic) bond motifs is 3. The van der Waals surface area contributed by atoms with E-state index in [9.17, 15) is 14.0 Å². The number of carbonyl (C=O) groups is 2. The van der Waals surface area contributed by atoms with Gasteiger partial charge in [-0.1, -0.05) is 44.2 Å². The van der Waals surface area contributed by atoms with Gasteiger partial charge in [-0.05, 0) is 42.7 Å². The largest absolute Gasteiger partial charge is 0.333 e. The summed E-state index contributed by atoms with van der Waals surface area (Å²) >= 11 is 1.51. The molecule has 2 aromatic heterocycles. The third-order valence-electron chi connectivity index (χ3n) is 7.45. The van der Waals surface area contributed by atoms with Gasteiger partial charge in [-0.3, -0.25) is 9.59 Å². The topological polar surface area (TPSA) is 66.1 Å². The molecular formula is C27H28FN3O2S. The summed E-state index contributed by atoms with van der Waals surface area (Å²) in [6.07, 6.45) is 6.43. The first-order valence-electron chi connectivity index (χ1n) is 12.0. The minimum atomic E-state index is -1.03. The third kappa shape index (κ3) is 4.05. The van der Waals surface area contributed by atoms with Gasteiger partial charge < -0.3 is 9.47 Å². The zero-order valence-corrected chi connectivity index (χ0v) is 20.2. The summed E-state index contributed by atoms with van der Waals surface area (Å²) < 4.78 is 16.8. The number of rotatable bonds is 6. The van der Waals surface area contributed by atoms with Crippen LogP contribution in [0.15, 0.2) is 36.4 Å². The Morgan fingerprint density at radius 1 is 1.24 bits per heavy atom. The van der Waals surface area contributed by atoms with Gasteiger partial charge in [0.1, 0.15) is 17.1 Å². The number of ketones is 1. The van der Waals surface area contributed by atoms with Crippen molar-refractivity contribution in [3.05, 3.63) is 58.3 Å². The first-order valence-corrected chi connectivity index (χ1v) is 12.8. The maximum absolute atomic E-state index is 13.9. The first-order chi connectivity index (χ1) is 16.4. The summed E-state index contributed by atoms with van der Waals surface area (Å²) in [4.78, 5) is 30.3. The van der Waals surface area contributed by atoms with Crippen molar-refractivity contribution in [2.75, 3.05) is 0 Å². The Hall–Kier alpha value is -2.98. The van der Waals surface area contributed by atoms with Gasteiger partial charge >= 0.3 is 0 Å². The van der Waals surface area contributed by atoms with Gasteiger partial charge in [-0.25, -0.2) is 4.39 Å². The van der Waals surface area contributed by atoms with E-state index in [4.69, 9.17) is 5.26 Å². The molecule has 3 aromatic rings. The summed E-state index contributed by atoms with van der Waals surface area (Å²) in [5.74, 6) is -0.130. The molecule has 1 amide bonds. The van der Waals surface area contributed by atoms with Crippen LogP contribution in [0.3, 0.4) is 0 Å². The smallest absolute Gasteiger partial charge is 0.271 e. The van der Waals surface area contributed by atoms with Crippen molar-refractivity contribution in [1.29, 1.82) is 5.26 Å². The Morgan fingerprint density at radius 2 is 2.03 bits per heavy atom. The standard InChI is InChI=1S/C27H28FN3O2S/c1-27(25(32)13-18-6-3-2-4-7-18)17-30-22-14-21(10-11-29)34-24(22)15-23(30)26(33)31(27)16-19-8-5-9-20(28)12-19/h5,8-9,12,14-15,18H,2-4,6-7,10,13,16-17H2,1H3. The van der Waals surface area contributed by atoms with Gasteiger partial charge in [0.25, 0.3) is 5.91 Å². The van der Waals surface area contributed by atoms with Crippen molar-refractivity contribution >= 4 is 33.2 Å². The molecule has 0 saturated heterocycles. The van der Waals surface area contributed by atoms with E-state index < -0.39 is 5.54 Å². The normalized spacial score (nSPS) is 21.0. The zero-order valence-electron chi connectivity index (χ0n) is 19.3.